The molecule has 1 aromatic heterocycles. The molecule has 1 atom stereocenters. The van der Waals surface area contributed by atoms with E-state index in [1.807, 2.05) is 17.0 Å². The summed E-state index contributed by atoms with van der Waals surface area (Å²) in [5, 5.41) is 3.12. The smallest absolute Gasteiger partial charge is 0.270 e. The van der Waals surface area contributed by atoms with Gasteiger partial charge in [0.25, 0.3) is 5.91 Å². The van der Waals surface area contributed by atoms with Crippen LogP contribution in [-0.2, 0) is 4.79 Å². The molecule has 6 heteroatoms. The Balaban J connectivity index is 1.32. The van der Waals surface area contributed by atoms with Gasteiger partial charge in [0.05, 0.1) is 0 Å². The number of rotatable bonds is 7. The number of amides is 2. The monoisotopic (exact) mass is 360 g/mol. The number of nitrogens with zero attached hydrogens (tertiary/aromatic N) is 2. The summed E-state index contributed by atoms with van der Waals surface area (Å²) < 4.78 is 0. The number of likely N-dealkylation sites (tertiary alicyclic amines) is 2. The Bertz CT molecular complexity index is 579. The van der Waals surface area contributed by atoms with Crippen LogP contribution in [0.25, 0.3) is 0 Å². The van der Waals surface area contributed by atoms with Gasteiger partial charge < -0.3 is 15.2 Å². The fourth-order valence-corrected chi connectivity index (χ4v) is 4.26. The largest absolute Gasteiger partial charge is 0.357 e. The van der Waals surface area contributed by atoms with E-state index in [9.17, 15) is 9.59 Å². The van der Waals surface area contributed by atoms with Crippen molar-refractivity contribution in [2.45, 2.75) is 51.5 Å². The van der Waals surface area contributed by atoms with Crippen molar-refractivity contribution in [2.24, 2.45) is 5.92 Å². The standard InChI is InChI=1S/C20H32N4O2/c1-2-23-12-4-5-17(23)15-22-19(25)8-7-16-9-13-24(14-10-16)20(26)18-6-3-11-21-18/h3,6,11,16-17,21H,2,4-5,7-10,12-15H2,1H3,(H,22,25). The predicted molar refractivity (Wildman–Crippen MR) is 102 cm³/mol. The lowest BCUT2D eigenvalue weighted by molar-refractivity contribution is -0.121. The lowest BCUT2D eigenvalue weighted by atomic mass is 9.92. The molecule has 0 spiro atoms. The van der Waals surface area contributed by atoms with Gasteiger partial charge in [-0.15, -0.1) is 0 Å². The molecule has 0 saturated carbocycles. The van der Waals surface area contributed by atoms with Crippen molar-refractivity contribution in [1.29, 1.82) is 0 Å². The van der Waals surface area contributed by atoms with E-state index in [2.05, 4.69) is 22.1 Å². The molecule has 3 heterocycles. The van der Waals surface area contributed by atoms with E-state index in [-0.39, 0.29) is 11.8 Å². The molecule has 2 aliphatic rings. The highest BCUT2D eigenvalue weighted by Crippen LogP contribution is 2.23. The normalized spacial score (nSPS) is 21.9. The fourth-order valence-electron chi connectivity index (χ4n) is 4.26. The lowest BCUT2D eigenvalue weighted by Crippen LogP contribution is -2.40. The number of aromatic nitrogens is 1. The van der Waals surface area contributed by atoms with Crippen molar-refractivity contribution in [1.82, 2.24) is 20.1 Å². The highest BCUT2D eigenvalue weighted by Gasteiger charge is 2.25. The van der Waals surface area contributed by atoms with E-state index in [4.69, 9.17) is 0 Å². The molecule has 2 amide bonds. The van der Waals surface area contributed by atoms with Gasteiger partial charge in [-0.25, -0.2) is 0 Å². The molecule has 0 radical (unpaired) electrons. The molecule has 3 rings (SSSR count). The third-order valence-corrected chi connectivity index (χ3v) is 5.95. The van der Waals surface area contributed by atoms with Crippen molar-refractivity contribution >= 4 is 11.8 Å². The van der Waals surface area contributed by atoms with Crippen molar-refractivity contribution < 1.29 is 9.59 Å². The van der Waals surface area contributed by atoms with Crippen LogP contribution < -0.4 is 5.32 Å². The Kier molecular flexibility index (Phi) is 6.72. The zero-order valence-electron chi connectivity index (χ0n) is 15.9. The highest BCUT2D eigenvalue weighted by molar-refractivity contribution is 5.92. The molecule has 1 aromatic rings. The first kappa shape index (κ1) is 19.0. The zero-order chi connectivity index (χ0) is 18.4. The van der Waals surface area contributed by atoms with Crippen molar-refractivity contribution in [3.05, 3.63) is 24.0 Å². The van der Waals surface area contributed by atoms with Crippen molar-refractivity contribution in [3.8, 4) is 0 Å². The summed E-state index contributed by atoms with van der Waals surface area (Å²) >= 11 is 0. The second-order valence-electron chi connectivity index (χ2n) is 7.59. The third kappa shape index (κ3) is 4.87. The van der Waals surface area contributed by atoms with Gasteiger partial charge in [-0.05, 0) is 63.2 Å². The Hall–Kier alpha value is -1.82. The molecule has 2 N–H and O–H groups in total. The first-order valence-corrected chi connectivity index (χ1v) is 10.1. The van der Waals surface area contributed by atoms with Gasteiger partial charge in [-0.3, -0.25) is 14.5 Å². The van der Waals surface area contributed by atoms with Crippen LogP contribution in [0.2, 0.25) is 0 Å². The summed E-state index contributed by atoms with van der Waals surface area (Å²) in [4.78, 5) is 31.8. The topological polar surface area (TPSA) is 68.4 Å². The minimum Gasteiger partial charge on any atom is -0.357 e. The third-order valence-electron chi connectivity index (χ3n) is 5.95. The van der Waals surface area contributed by atoms with E-state index in [0.29, 0.717) is 24.1 Å². The SMILES string of the molecule is CCN1CCCC1CNC(=O)CCC1CCN(C(=O)c2ccc[nH]2)CC1. The molecule has 6 nitrogen and oxygen atoms in total. The molecule has 0 aromatic carbocycles. The van der Waals surface area contributed by atoms with Gasteiger partial charge in [-0.2, -0.15) is 0 Å². The van der Waals surface area contributed by atoms with E-state index in [0.717, 1.165) is 52.0 Å². The highest BCUT2D eigenvalue weighted by atomic mass is 16.2. The number of carbonyl (C=O) groups is 2. The number of H-pyrrole nitrogens is 1. The van der Waals surface area contributed by atoms with Crippen LogP contribution in [0.4, 0.5) is 0 Å². The van der Waals surface area contributed by atoms with Crippen LogP contribution in [0.1, 0.15) is 55.9 Å². The van der Waals surface area contributed by atoms with Gasteiger partial charge in [0.1, 0.15) is 5.69 Å². The fraction of sp³-hybridized carbons (Fsp3) is 0.700. The average molecular weight is 361 g/mol. The van der Waals surface area contributed by atoms with Gasteiger partial charge in [0, 0.05) is 38.3 Å². The summed E-state index contributed by atoms with van der Waals surface area (Å²) in [7, 11) is 0. The minimum atomic E-state index is 0.0863. The van der Waals surface area contributed by atoms with Gasteiger partial charge in [-0.1, -0.05) is 6.92 Å². The molecule has 144 valence electrons. The molecule has 26 heavy (non-hydrogen) atoms. The second kappa shape index (κ2) is 9.21. The van der Waals surface area contributed by atoms with Crippen molar-refractivity contribution in [3.63, 3.8) is 0 Å². The number of carbonyl (C=O) groups excluding carboxylic acids is 2. The Morgan fingerprint density at radius 3 is 2.73 bits per heavy atom. The first-order chi connectivity index (χ1) is 12.7. The Morgan fingerprint density at radius 1 is 1.23 bits per heavy atom. The van der Waals surface area contributed by atoms with E-state index >= 15 is 0 Å². The van der Waals surface area contributed by atoms with E-state index < -0.39 is 0 Å². The molecule has 0 aliphatic carbocycles. The van der Waals surface area contributed by atoms with E-state index in [1.165, 1.54) is 12.8 Å². The number of hydrogen-bond acceptors (Lipinski definition) is 3. The van der Waals surface area contributed by atoms with Crippen LogP contribution in [-0.4, -0.2) is 65.4 Å². The number of hydrogen-bond donors (Lipinski definition) is 2. The quantitative estimate of drug-likeness (QED) is 0.784. The maximum atomic E-state index is 12.3. The zero-order valence-corrected chi connectivity index (χ0v) is 15.9. The van der Waals surface area contributed by atoms with Crippen LogP contribution in [0.3, 0.4) is 0 Å². The van der Waals surface area contributed by atoms with Crippen LogP contribution in [0.5, 0.6) is 0 Å². The predicted octanol–water partition coefficient (Wildman–Crippen LogP) is 2.25. The molecule has 2 fully saturated rings. The average Bonchev–Trinajstić information content (AvgIpc) is 3.36. The maximum Gasteiger partial charge on any atom is 0.270 e. The van der Waals surface area contributed by atoms with Gasteiger partial charge >= 0.3 is 0 Å². The minimum absolute atomic E-state index is 0.0863. The lowest BCUT2D eigenvalue weighted by Gasteiger charge is -2.31. The summed E-state index contributed by atoms with van der Waals surface area (Å²) in [6, 6.07) is 4.19. The second-order valence-corrected chi connectivity index (χ2v) is 7.59. The summed E-state index contributed by atoms with van der Waals surface area (Å²) in [5.74, 6) is 0.813. The van der Waals surface area contributed by atoms with Crippen LogP contribution in [0, 0.1) is 5.92 Å². The summed E-state index contributed by atoms with van der Waals surface area (Å²) in [6.07, 6.45) is 7.74. The van der Waals surface area contributed by atoms with E-state index in [1.54, 1.807) is 6.20 Å². The van der Waals surface area contributed by atoms with Gasteiger partial charge in [0.15, 0.2) is 0 Å². The number of aromatic amines is 1. The van der Waals surface area contributed by atoms with Crippen LogP contribution >= 0.6 is 0 Å². The maximum absolute atomic E-state index is 12.3. The van der Waals surface area contributed by atoms with Gasteiger partial charge in [0.2, 0.25) is 5.91 Å². The number of nitrogens with one attached hydrogen (secondary N) is 2. The summed E-state index contributed by atoms with van der Waals surface area (Å²) in [5.41, 5.74) is 0.663. The summed E-state index contributed by atoms with van der Waals surface area (Å²) in [6.45, 7) is 6.79. The molecule has 2 aliphatic heterocycles. The van der Waals surface area contributed by atoms with Crippen LogP contribution in [0.15, 0.2) is 18.3 Å². The molecule has 1 unspecified atom stereocenters. The molecule has 0 bridgehead atoms. The Morgan fingerprint density at radius 2 is 2.04 bits per heavy atom. The van der Waals surface area contributed by atoms with Crippen molar-refractivity contribution in [2.75, 3.05) is 32.7 Å². The molecular formula is C20H32N4O2. The Labute approximate surface area is 156 Å². The molecule has 2 saturated heterocycles. The number of likely N-dealkylation sites (N-methyl/N-ethyl adjacent to an activating group) is 1. The first-order valence-electron chi connectivity index (χ1n) is 10.1. The molecular weight excluding hydrogens is 328 g/mol. The number of piperidine rings is 1.